The van der Waals surface area contributed by atoms with Crippen molar-refractivity contribution in [2.45, 2.75) is 30.5 Å². The molecule has 0 radical (unpaired) electrons. The number of carbonyl (C=O) groups excluding carboxylic acids is 1. The van der Waals surface area contributed by atoms with Crippen molar-refractivity contribution in [3.63, 3.8) is 0 Å². The Morgan fingerprint density at radius 2 is 1.85 bits per heavy atom. The van der Waals surface area contributed by atoms with E-state index in [1.807, 2.05) is 0 Å². The first kappa shape index (κ1) is 14.8. The molecule has 20 heavy (non-hydrogen) atoms. The highest BCUT2D eigenvalue weighted by atomic mass is 19.4. The number of aliphatic hydroxyl groups is 1. The monoisotopic (exact) mass is 291 g/mol. The molecule has 1 unspecified atom stereocenters. The third-order valence-electron chi connectivity index (χ3n) is 3.42. The van der Waals surface area contributed by atoms with Crippen LogP contribution in [0.15, 0.2) is 24.3 Å². The van der Waals surface area contributed by atoms with Gasteiger partial charge in [0, 0.05) is 0 Å². The predicted octanol–water partition coefficient (Wildman–Crippen LogP) is 1.90. The van der Waals surface area contributed by atoms with Gasteiger partial charge in [-0.25, -0.2) is 4.39 Å². The number of alkyl halides is 3. The molecule has 0 bridgehead atoms. The van der Waals surface area contributed by atoms with Gasteiger partial charge < -0.3 is 10.4 Å². The maximum atomic E-state index is 12.8. The minimum Gasteiger partial charge on any atom is -0.382 e. The van der Waals surface area contributed by atoms with E-state index in [0.717, 1.165) is 0 Å². The highest BCUT2D eigenvalue weighted by Crippen LogP contribution is 2.48. The Morgan fingerprint density at radius 1 is 1.30 bits per heavy atom. The molecule has 1 aromatic carbocycles. The summed E-state index contributed by atoms with van der Waals surface area (Å²) in [6, 6.07) is 5.30. The van der Waals surface area contributed by atoms with E-state index in [4.69, 9.17) is 5.11 Å². The van der Waals surface area contributed by atoms with Gasteiger partial charge in [0.25, 0.3) is 0 Å². The van der Waals surface area contributed by atoms with Gasteiger partial charge in [0.2, 0.25) is 5.91 Å². The molecular formula is C13H13F4NO2. The summed E-state index contributed by atoms with van der Waals surface area (Å²) in [5.41, 5.74) is -0.322. The summed E-state index contributed by atoms with van der Waals surface area (Å²) in [5, 5.41) is 10.9. The first-order valence-corrected chi connectivity index (χ1v) is 6.05. The van der Waals surface area contributed by atoms with Crippen LogP contribution in [0.2, 0.25) is 0 Å². The molecule has 7 heteroatoms. The van der Waals surface area contributed by atoms with Crippen LogP contribution in [0.5, 0.6) is 0 Å². The van der Waals surface area contributed by atoms with Crippen LogP contribution >= 0.6 is 0 Å². The average molecular weight is 291 g/mol. The van der Waals surface area contributed by atoms with Crippen LogP contribution < -0.4 is 5.32 Å². The van der Waals surface area contributed by atoms with Gasteiger partial charge in [-0.15, -0.1) is 0 Å². The molecule has 1 saturated carbocycles. The molecule has 110 valence electrons. The van der Waals surface area contributed by atoms with Crippen LogP contribution in [0.25, 0.3) is 0 Å². The minimum atomic E-state index is -4.76. The van der Waals surface area contributed by atoms with E-state index in [1.165, 1.54) is 24.3 Å². The van der Waals surface area contributed by atoms with Gasteiger partial charge in [-0.3, -0.25) is 4.79 Å². The average Bonchev–Trinajstić information content (AvgIpc) is 3.16. The quantitative estimate of drug-likeness (QED) is 0.832. The summed E-state index contributed by atoms with van der Waals surface area (Å²) in [7, 11) is 0. The van der Waals surface area contributed by atoms with Crippen molar-refractivity contribution < 1.29 is 27.5 Å². The van der Waals surface area contributed by atoms with Gasteiger partial charge in [0.15, 0.2) is 6.10 Å². The molecule has 1 aromatic rings. The summed E-state index contributed by atoms with van der Waals surface area (Å²) < 4.78 is 49.2. The van der Waals surface area contributed by atoms with Gasteiger partial charge >= 0.3 is 6.18 Å². The van der Waals surface area contributed by atoms with Crippen LogP contribution in [0.1, 0.15) is 18.4 Å². The zero-order chi connectivity index (χ0) is 15.0. The highest BCUT2D eigenvalue weighted by molar-refractivity contribution is 5.91. The van der Waals surface area contributed by atoms with Crippen LogP contribution in [0, 0.1) is 5.82 Å². The third kappa shape index (κ3) is 2.92. The zero-order valence-corrected chi connectivity index (χ0v) is 10.4. The molecule has 2 N–H and O–H groups in total. The lowest BCUT2D eigenvalue weighted by molar-refractivity contribution is -0.201. The number of hydrogen-bond donors (Lipinski definition) is 2. The molecule has 0 aromatic heterocycles. The fourth-order valence-electron chi connectivity index (χ4n) is 2.02. The number of aliphatic hydroxyl groups excluding tert-OH is 1. The first-order valence-electron chi connectivity index (χ1n) is 6.05. The molecule has 1 aliphatic rings. The normalized spacial score (nSPS) is 18.4. The molecule has 0 saturated heterocycles. The number of carbonyl (C=O) groups is 1. The molecule has 0 heterocycles. The van der Waals surface area contributed by atoms with Gasteiger partial charge in [-0.1, -0.05) is 12.1 Å². The van der Waals surface area contributed by atoms with Crippen molar-refractivity contribution in [1.29, 1.82) is 0 Å². The molecule has 1 aliphatic carbocycles. The van der Waals surface area contributed by atoms with Crippen molar-refractivity contribution in [3.05, 3.63) is 35.6 Å². The standard InChI is InChI=1S/C13H13F4NO2/c14-9-3-1-8(2-4-9)12(5-6-12)11(20)18-7-10(19)13(15,16)17/h1-4,10,19H,5-7H2,(H,18,20). The maximum Gasteiger partial charge on any atom is 0.416 e. The lowest BCUT2D eigenvalue weighted by Crippen LogP contribution is -2.44. The van der Waals surface area contributed by atoms with Crippen LogP contribution in [0.4, 0.5) is 17.6 Å². The number of hydrogen-bond acceptors (Lipinski definition) is 2. The smallest absolute Gasteiger partial charge is 0.382 e. The minimum absolute atomic E-state index is 0.447. The van der Waals surface area contributed by atoms with Gasteiger partial charge in [-0.05, 0) is 30.5 Å². The Kier molecular flexibility index (Phi) is 3.73. The van der Waals surface area contributed by atoms with Crippen LogP contribution in [0.3, 0.4) is 0 Å². The fourth-order valence-corrected chi connectivity index (χ4v) is 2.02. The van der Waals surface area contributed by atoms with Gasteiger partial charge in [-0.2, -0.15) is 13.2 Å². The molecule has 2 rings (SSSR count). The molecular weight excluding hydrogens is 278 g/mol. The van der Waals surface area contributed by atoms with Crippen LogP contribution in [-0.2, 0) is 10.2 Å². The van der Waals surface area contributed by atoms with E-state index in [0.29, 0.717) is 18.4 Å². The van der Waals surface area contributed by atoms with E-state index in [1.54, 1.807) is 0 Å². The predicted molar refractivity (Wildman–Crippen MR) is 62.4 cm³/mol. The van der Waals surface area contributed by atoms with Crippen molar-refractivity contribution >= 4 is 5.91 Å². The molecule has 1 atom stereocenters. The topological polar surface area (TPSA) is 49.3 Å². The molecule has 1 amide bonds. The number of benzene rings is 1. The van der Waals surface area contributed by atoms with Crippen LogP contribution in [-0.4, -0.2) is 29.8 Å². The number of amides is 1. The van der Waals surface area contributed by atoms with E-state index in [9.17, 15) is 22.4 Å². The van der Waals surface area contributed by atoms with E-state index in [2.05, 4.69) is 5.32 Å². The summed E-state index contributed by atoms with van der Waals surface area (Å²) >= 11 is 0. The van der Waals surface area contributed by atoms with E-state index >= 15 is 0 Å². The largest absolute Gasteiger partial charge is 0.416 e. The van der Waals surface area contributed by atoms with E-state index < -0.39 is 36.0 Å². The summed E-state index contributed by atoms with van der Waals surface area (Å²) in [5.74, 6) is -1.02. The van der Waals surface area contributed by atoms with Crippen molar-refractivity contribution in [1.82, 2.24) is 5.32 Å². The highest BCUT2D eigenvalue weighted by Gasteiger charge is 2.51. The Bertz CT molecular complexity index is 494. The molecule has 3 nitrogen and oxygen atoms in total. The second-order valence-electron chi connectivity index (χ2n) is 4.86. The summed E-state index contributed by atoms with van der Waals surface area (Å²) in [4.78, 5) is 12.0. The second-order valence-corrected chi connectivity index (χ2v) is 4.86. The van der Waals surface area contributed by atoms with Crippen molar-refractivity contribution in [3.8, 4) is 0 Å². The van der Waals surface area contributed by atoms with Gasteiger partial charge in [0.05, 0.1) is 12.0 Å². The summed E-state index contributed by atoms with van der Waals surface area (Å²) in [6.45, 7) is -0.884. The number of nitrogens with one attached hydrogen (secondary N) is 1. The number of rotatable bonds is 4. The SMILES string of the molecule is O=C(NCC(O)C(F)(F)F)C1(c2ccc(F)cc2)CC1. The Morgan fingerprint density at radius 3 is 2.30 bits per heavy atom. The van der Waals surface area contributed by atoms with Crippen molar-refractivity contribution in [2.24, 2.45) is 0 Å². The van der Waals surface area contributed by atoms with Gasteiger partial charge in [0.1, 0.15) is 5.82 Å². The molecule has 0 spiro atoms. The maximum absolute atomic E-state index is 12.8. The number of halogens is 4. The first-order chi connectivity index (χ1) is 9.25. The molecule has 1 fully saturated rings. The second kappa shape index (κ2) is 5.05. The lowest BCUT2D eigenvalue weighted by atomic mass is 9.95. The van der Waals surface area contributed by atoms with E-state index in [-0.39, 0.29) is 0 Å². The Hall–Kier alpha value is -1.63. The third-order valence-corrected chi connectivity index (χ3v) is 3.42. The fraction of sp³-hybridized carbons (Fsp3) is 0.462. The van der Waals surface area contributed by atoms with Crippen molar-refractivity contribution in [2.75, 3.05) is 6.54 Å². The summed E-state index contributed by atoms with van der Waals surface area (Å²) in [6.07, 6.45) is -6.37. The zero-order valence-electron chi connectivity index (χ0n) is 10.4. The molecule has 0 aliphatic heterocycles. The lowest BCUT2D eigenvalue weighted by Gasteiger charge is -2.19. The Labute approximate surface area is 112 Å². The Balaban J connectivity index is 2.01.